The second kappa shape index (κ2) is 5.04. The van der Waals surface area contributed by atoms with Crippen molar-refractivity contribution in [3.05, 3.63) is 23.4 Å². The lowest BCUT2D eigenvalue weighted by molar-refractivity contribution is 0.118. The van der Waals surface area contributed by atoms with Crippen LogP contribution in [0.4, 0.5) is 0 Å². The van der Waals surface area contributed by atoms with Gasteiger partial charge in [-0.2, -0.15) is 0 Å². The van der Waals surface area contributed by atoms with Gasteiger partial charge in [0.1, 0.15) is 0 Å². The van der Waals surface area contributed by atoms with Gasteiger partial charge in [-0.3, -0.25) is 10.3 Å². The third-order valence-electron chi connectivity index (χ3n) is 2.19. The average molecular weight is 182 g/mol. The second-order valence-electron chi connectivity index (χ2n) is 3.26. The van der Waals surface area contributed by atoms with Crippen molar-refractivity contribution in [2.45, 2.75) is 13.3 Å². The van der Waals surface area contributed by atoms with Crippen molar-refractivity contribution in [2.75, 3.05) is 27.2 Å². The molecule has 1 heterocycles. The van der Waals surface area contributed by atoms with E-state index in [4.69, 9.17) is 4.84 Å². The Labute approximate surface area is 80.0 Å². The van der Waals surface area contributed by atoms with Crippen LogP contribution in [0.25, 0.3) is 0 Å². The molecule has 0 unspecified atom stereocenters. The number of allylic oxidation sites excluding steroid dienone is 1. The number of nitrogens with one attached hydrogen (secondary N) is 1. The zero-order valence-electron chi connectivity index (χ0n) is 8.63. The standard InChI is InChI=1S/C10H18N2O/c1-4-10(11-13-3)9-6-5-7-12(2)8-9/h4,6,11H,5,7-8H2,1-3H3. The molecule has 0 atom stereocenters. The highest BCUT2D eigenvalue weighted by molar-refractivity contribution is 5.30. The topological polar surface area (TPSA) is 24.5 Å². The molecule has 0 aliphatic carbocycles. The van der Waals surface area contributed by atoms with Gasteiger partial charge in [0.05, 0.1) is 12.8 Å². The van der Waals surface area contributed by atoms with Crippen LogP contribution < -0.4 is 5.48 Å². The summed E-state index contributed by atoms with van der Waals surface area (Å²) in [5.41, 5.74) is 5.28. The molecule has 0 bridgehead atoms. The fourth-order valence-corrected chi connectivity index (χ4v) is 1.51. The van der Waals surface area contributed by atoms with Gasteiger partial charge in [0.2, 0.25) is 0 Å². The Balaban J connectivity index is 2.63. The zero-order valence-corrected chi connectivity index (χ0v) is 8.63. The Morgan fingerprint density at radius 3 is 3.00 bits per heavy atom. The van der Waals surface area contributed by atoms with E-state index in [1.165, 1.54) is 5.57 Å². The maximum Gasteiger partial charge on any atom is 0.0636 e. The Kier molecular flexibility index (Phi) is 3.99. The van der Waals surface area contributed by atoms with Gasteiger partial charge in [0, 0.05) is 13.1 Å². The van der Waals surface area contributed by atoms with E-state index in [9.17, 15) is 0 Å². The van der Waals surface area contributed by atoms with Crippen LogP contribution in [-0.4, -0.2) is 32.1 Å². The smallest absolute Gasteiger partial charge is 0.0636 e. The number of hydroxylamine groups is 1. The fraction of sp³-hybridized carbons (Fsp3) is 0.600. The molecule has 1 N–H and O–H groups in total. The molecule has 74 valence electrons. The SMILES string of the molecule is CC=C(NOC)C1=CCCN(C)C1. The van der Waals surface area contributed by atoms with Gasteiger partial charge in [-0.25, -0.2) is 0 Å². The number of likely N-dealkylation sites (N-methyl/N-ethyl adjacent to an activating group) is 1. The molecule has 0 fully saturated rings. The molecule has 0 saturated heterocycles. The summed E-state index contributed by atoms with van der Waals surface area (Å²) in [7, 11) is 3.77. The van der Waals surface area contributed by atoms with Gasteiger partial charge < -0.3 is 4.90 Å². The van der Waals surface area contributed by atoms with Crippen molar-refractivity contribution in [2.24, 2.45) is 0 Å². The second-order valence-corrected chi connectivity index (χ2v) is 3.26. The summed E-state index contributed by atoms with van der Waals surface area (Å²) in [6.45, 7) is 4.15. The molecule has 3 nitrogen and oxygen atoms in total. The summed E-state index contributed by atoms with van der Waals surface area (Å²) in [4.78, 5) is 7.21. The number of hydrogen-bond donors (Lipinski definition) is 1. The van der Waals surface area contributed by atoms with E-state index in [0.717, 1.165) is 25.2 Å². The summed E-state index contributed by atoms with van der Waals surface area (Å²) >= 11 is 0. The van der Waals surface area contributed by atoms with E-state index in [-0.39, 0.29) is 0 Å². The van der Waals surface area contributed by atoms with E-state index >= 15 is 0 Å². The predicted molar refractivity (Wildman–Crippen MR) is 54.1 cm³/mol. The summed E-state index contributed by atoms with van der Waals surface area (Å²) in [5, 5.41) is 0. The first kappa shape index (κ1) is 10.3. The Morgan fingerprint density at radius 2 is 2.46 bits per heavy atom. The van der Waals surface area contributed by atoms with Crippen LogP contribution in [0.15, 0.2) is 23.4 Å². The molecule has 1 aliphatic rings. The molecule has 0 radical (unpaired) electrons. The third kappa shape index (κ3) is 2.86. The Bertz CT molecular complexity index is 221. The third-order valence-corrected chi connectivity index (χ3v) is 2.19. The zero-order chi connectivity index (χ0) is 9.68. The molecule has 3 heteroatoms. The van der Waals surface area contributed by atoms with Crippen LogP contribution in [0.2, 0.25) is 0 Å². The average Bonchev–Trinajstić information content (AvgIpc) is 2.14. The summed E-state index contributed by atoms with van der Waals surface area (Å²) in [6, 6.07) is 0. The highest BCUT2D eigenvalue weighted by Crippen LogP contribution is 2.14. The monoisotopic (exact) mass is 182 g/mol. The molecular weight excluding hydrogens is 164 g/mol. The first-order chi connectivity index (χ1) is 6.27. The first-order valence-electron chi connectivity index (χ1n) is 4.61. The normalized spacial score (nSPS) is 19.9. The van der Waals surface area contributed by atoms with Crippen molar-refractivity contribution in [1.82, 2.24) is 10.4 Å². The van der Waals surface area contributed by atoms with Crippen molar-refractivity contribution in [1.29, 1.82) is 0 Å². The quantitative estimate of drug-likeness (QED) is 0.666. The van der Waals surface area contributed by atoms with Gasteiger partial charge >= 0.3 is 0 Å². The van der Waals surface area contributed by atoms with Crippen LogP contribution in [0.5, 0.6) is 0 Å². The van der Waals surface area contributed by atoms with Crippen LogP contribution in [-0.2, 0) is 4.84 Å². The first-order valence-corrected chi connectivity index (χ1v) is 4.61. The van der Waals surface area contributed by atoms with Crippen LogP contribution in [0.3, 0.4) is 0 Å². The lowest BCUT2D eigenvalue weighted by Gasteiger charge is -2.24. The Hall–Kier alpha value is -0.800. The van der Waals surface area contributed by atoms with E-state index in [1.54, 1.807) is 7.11 Å². The van der Waals surface area contributed by atoms with Crippen LogP contribution in [0.1, 0.15) is 13.3 Å². The highest BCUT2D eigenvalue weighted by atomic mass is 16.6. The summed E-state index contributed by atoms with van der Waals surface area (Å²) in [5.74, 6) is 0. The molecule has 0 aromatic rings. The minimum absolute atomic E-state index is 0.996. The molecule has 1 rings (SSSR count). The Morgan fingerprint density at radius 1 is 1.69 bits per heavy atom. The van der Waals surface area contributed by atoms with Crippen molar-refractivity contribution in [3.63, 3.8) is 0 Å². The molecular formula is C10H18N2O. The van der Waals surface area contributed by atoms with Crippen molar-refractivity contribution >= 4 is 0 Å². The van der Waals surface area contributed by atoms with Crippen molar-refractivity contribution < 1.29 is 4.84 Å². The van der Waals surface area contributed by atoms with Gasteiger partial charge in [0.15, 0.2) is 0 Å². The van der Waals surface area contributed by atoms with Crippen LogP contribution >= 0.6 is 0 Å². The van der Waals surface area contributed by atoms with E-state index in [1.807, 2.05) is 13.0 Å². The molecule has 0 aromatic carbocycles. The van der Waals surface area contributed by atoms with E-state index in [2.05, 4.69) is 23.5 Å². The lowest BCUT2D eigenvalue weighted by Crippen LogP contribution is -2.28. The van der Waals surface area contributed by atoms with Crippen molar-refractivity contribution in [3.8, 4) is 0 Å². The molecule has 0 amide bonds. The van der Waals surface area contributed by atoms with E-state index in [0.29, 0.717) is 0 Å². The maximum absolute atomic E-state index is 4.91. The summed E-state index contributed by atoms with van der Waals surface area (Å²) in [6.07, 6.45) is 5.42. The van der Waals surface area contributed by atoms with Gasteiger partial charge in [-0.15, -0.1) is 0 Å². The molecule has 13 heavy (non-hydrogen) atoms. The maximum atomic E-state index is 4.91. The fourth-order valence-electron chi connectivity index (χ4n) is 1.51. The predicted octanol–water partition coefficient (Wildman–Crippen LogP) is 1.30. The van der Waals surface area contributed by atoms with E-state index < -0.39 is 0 Å². The number of hydrogen-bond acceptors (Lipinski definition) is 3. The largest absolute Gasteiger partial charge is 0.302 e. The van der Waals surface area contributed by atoms with Gasteiger partial charge in [-0.1, -0.05) is 12.2 Å². The summed E-state index contributed by atoms with van der Waals surface area (Å²) < 4.78 is 0. The number of nitrogens with zero attached hydrogens (tertiary/aromatic N) is 1. The van der Waals surface area contributed by atoms with Gasteiger partial charge in [0.25, 0.3) is 0 Å². The number of rotatable bonds is 3. The molecule has 0 spiro atoms. The van der Waals surface area contributed by atoms with Crippen LogP contribution in [0, 0.1) is 0 Å². The highest BCUT2D eigenvalue weighted by Gasteiger charge is 2.11. The minimum Gasteiger partial charge on any atom is -0.302 e. The molecule has 1 aliphatic heterocycles. The minimum atomic E-state index is 0.996. The van der Waals surface area contributed by atoms with Gasteiger partial charge in [-0.05, 0) is 26.0 Å². The molecule has 0 saturated carbocycles. The molecule has 0 aromatic heterocycles. The lowest BCUT2D eigenvalue weighted by atomic mass is 10.1.